The normalized spacial score (nSPS) is 17.3. The highest BCUT2D eigenvalue weighted by atomic mass is 35.5. The molecule has 1 aromatic heterocycles. The average molecular weight is 279 g/mol. The number of oxazole rings is 1. The number of rotatable bonds is 4. The van der Waals surface area contributed by atoms with Gasteiger partial charge >= 0.3 is 0 Å². The van der Waals surface area contributed by atoms with Crippen LogP contribution >= 0.6 is 11.6 Å². The number of hydrogen-bond donors (Lipinski definition) is 1. The first-order chi connectivity index (χ1) is 9.20. The molecule has 0 radical (unpaired) electrons. The summed E-state index contributed by atoms with van der Waals surface area (Å²) < 4.78 is 11.2. The van der Waals surface area contributed by atoms with Crippen molar-refractivity contribution < 1.29 is 9.15 Å². The summed E-state index contributed by atoms with van der Waals surface area (Å²) in [6.45, 7) is 3.26. The van der Waals surface area contributed by atoms with E-state index in [2.05, 4.69) is 10.3 Å². The van der Waals surface area contributed by atoms with Crippen LogP contribution in [0, 0.1) is 6.92 Å². The van der Waals surface area contributed by atoms with E-state index < -0.39 is 0 Å². The first kappa shape index (κ1) is 12.5. The van der Waals surface area contributed by atoms with Gasteiger partial charge in [0.05, 0.1) is 12.7 Å². The minimum absolute atomic E-state index is 0.143. The Balaban J connectivity index is 1.51. The van der Waals surface area contributed by atoms with Crippen LogP contribution in [0.3, 0.4) is 0 Å². The number of halogens is 1. The van der Waals surface area contributed by atoms with Crippen molar-refractivity contribution in [3.63, 3.8) is 0 Å². The Morgan fingerprint density at radius 3 is 3.16 bits per heavy atom. The standard InChI is InChI=1S/C14H15ClN2O2/c1-9-6-17-14(18-9)8-16-7-12-5-10-4-11(15)2-3-13(10)19-12/h2-4,6,12,16H,5,7-8H2,1H3. The van der Waals surface area contributed by atoms with Gasteiger partial charge in [0.25, 0.3) is 0 Å². The van der Waals surface area contributed by atoms with Crippen molar-refractivity contribution in [2.45, 2.75) is 26.0 Å². The first-order valence-corrected chi connectivity index (χ1v) is 6.65. The summed E-state index contributed by atoms with van der Waals surface area (Å²) in [5, 5.41) is 4.05. The maximum absolute atomic E-state index is 5.97. The molecule has 1 unspecified atom stereocenters. The second-order valence-electron chi connectivity index (χ2n) is 4.69. The van der Waals surface area contributed by atoms with Gasteiger partial charge in [-0.2, -0.15) is 0 Å². The average Bonchev–Trinajstić information content (AvgIpc) is 2.95. The predicted molar refractivity (Wildman–Crippen MR) is 72.5 cm³/mol. The van der Waals surface area contributed by atoms with Crippen molar-refractivity contribution in [3.8, 4) is 5.75 Å². The number of aromatic nitrogens is 1. The van der Waals surface area contributed by atoms with Crippen LogP contribution in [0.4, 0.5) is 0 Å². The number of aryl methyl sites for hydroxylation is 1. The second kappa shape index (κ2) is 5.23. The molecule has 1 atom stereocenters. The maximum Gasteiger partial charge on any atom is 0.208 e. The molecular weight excluding hydrogens is 264 g/mol. The SMILES string of the molecule is Cc1cnc(CNCC2Cc3cc(Cl)ccc3O2)o1. The second-order valence-corrected chi connectivity index (χ2v) is 5.13. The van der Waals surface area contributed by atoms with Crippen LogP contribution < -0.4 is 10.1 Å². The fraction of sp³-hybridized carbons (Fsp3) is 0.357. The van der Waals surface area contributed by atoms with Gasteiger partial charge in [-0.15, -0.1) is 0 Å². The summed E-state index contributed by atoms with van der Waals surface area (Å²) in [6, 6.07) is 5.75. The van der Waals surface area contributed by atoms with E-state index in [1.54, 1.807) is 6.20 Å². The minimum atomic E-state index is 0.143. The van der Waals surface area contributed by atoms with Crippen molar-refractivity contribution in [3.05, 3.63) is 46.6 Å². The van der Waals surface area contributed by atoms with Gasteiger partial charge in [0, 0.05) is 18.0 Å². The molecular formula is C14H15ClN2O2. The molecule has 2 aromatic rings. The molecule has 0 aliphatic carbocycles. The van der Waals surface area contributed by atoms with E-state index in [1.165, 1.54) is 5.56 Å². The van der Waals surface area contributed by atoms with Gasteiger partial charge in [-0.25, -0.2) is 4.98 Å². The van der Waals surface area contributed by atoms with Crippen LogP contribution in [-0.4, -0.2) is 17.6 Å². The van der Waals surface area contributed by atoms with E-state index in [0.717, 1.165) is 29.5 Å². The molecule has 5 heteroatoms. The summed E-state index contributed by atoms with van der Waals surface area (Å²) in [5.74, 6) is 2.47. The zero-order valence-electron chi connectivity index (χ0n) is 10.6. The topological polar surface area (TPSA) is 47.3 Å². The highest BCUT2D eigenvalue weighted by molar-refractivity contribution is 6.30. The number of ether oxygens (including phenoxy) is 1. The summed E-state index contributed by atoms with van der Waals surface area (Å²) in [4.78, 5) is 4.14. The number of benzene rings is 1. The molecule has 19 heavy (non-hydrogen) atoms. The van der Waals surface area contributed by atoms with E-state index in [9.17, 15) is 0 Å². The number of fused-ring (bicyclic) bond motifs is 1. The number of nitrogens with zero attached hydrogens (tertiary/aromatic N) is 1. The lowest BCUT2D eigenvalue weighted by atomic mass is 10.1. The lowest BCUT2D eigenvalue weighted by Gasteiger charge is -2.10. The molecule has 100 valence electrons. The molecule has 0 saturated heterocycles. The molecule has 1 aliphatic rings. The Labute approximate surface area is 116 Å². The third-order valence-corrected chi connectivity index (χ3v) is 3.32. The number of hydrogen-bond acceptors (Lipinski definition) is 4. The third kappa shape index (κ3) is 2.91. The zero-order valence-corrected chi connectivity index (χ0v) is 11.4. The van der Waals surface area contributed by atoms with E-state index in [4.69, 9.17) is 20.8 Å². The van der Waals surface area contributed by atoms with Crippen molar-refractivity contribution in [2.75, 3.05) is 6.54 Å². The molecule has 0 bridgehead atoms. The molecule has 0 saturated carbocycles. The predicted octanol–water partition coefficient (Wildman–Crippen LogP) is 2.73. The Morgan fingerprint density at radius 2 is 2.37 bits per heavy atom. The molecule has 0 spiro atoms. The Bertz CT molecular complexity index is 583. The molecule has 1 aromatic carbocycles. The smallest absolute Gasteiger partial charge is 0.208 e. The van der Waals surface area contributed by atoms with Gasteiger partial charge in [0.1, 0.15) is 17.6 Å². The van der Waals surface area contributed by atoms with Crippen molar-refractivity contribution in [2.24, 2.45) is 0 Å². The van der Waals surface area contributed by atoms with Crippen LogP contribution in [0.2, 0.25) is 5.02 Å². The lowest BCUT2D eigenvalue weighted by molar-refractivity contribution is 0.225. The fourth-order valence-electron chi connectivity index (χ4n) is 2.23. The first-order valence-electron chi connectivity index (χ1n) is 6.28. The Morgan fingerprint density at radius 1 is 1.47 bits per heavy atom. The molecule has 2 heterocycles. The maximum atomic E-state index is 5.97. The molecule has 1 aliphatic heterocycles. The molecule has 0 amide bonds. The third-order valence-electron chi connectivity index (χ3n) is 3.08. The lowest BCUT2D eigenvalue weighted by Crippen LogP contribution is -2.29. The van der Waals surface area contributed by atoms with Crippen LogP contribution in [0.25, 0.3) is 0 Å². The quantitative estimate of drug-likeness (QED) is 0.934. The van der Waals surface area contributed by atoms with E-state index in [0.29, 0.717) is 12.4 Å². The molecule has 1 N–H and O–H groups in total. The van der Waals surface area contributed by atoms with Gasteiger partial charge in [0.2, 0.25) is 5.89 Å². The van der Waals surface area contributed by atoms with Crippen LogP contribution in [0.5, 0.6) is 5.75 Å². The van der Waals surface area contributed by atoms with Gasteiger partial charge in [-0.05, 0) is 30.7 Å². The highest BCUT2D eigenvalue weighted by Gasteiger charge is 2.22. The van der Waals surface area contributed by atoms with Gasteiger partial charge in [-0.1, -0.05) is 11.6 Å². The highest BCUT2D eigenvalue weighted by Crippen LogP contribution is 2.30. The molecule has 0 fully saturated rings. The fourth-order valence-corrected chi connectivity index (χ4v) is 2.42. The van der Waals surface area contributed by atoms with E-state index in [1.807, 2.05) is 25.1 Å². The van der Waals surface area contributed by atoms with E-state index in [-0.39, 0.29) is 6.10 Å². The van der Waals surface area contributed by atoms with Crippen molar-refractivity contribution in [1.29, 1.82) is 0 Å². The number of nitrogens with one attached hydrogen (secondary N) is 1. The van der Waals surface area contributed by atoms with Crippen LogP contribution in [0.1, 0.15) is 17.2 Å². The summed E-state index contributed by atoms with van der Waals surface area (Å²) in [7, 11) is 0. The van der Waals surface area contributed by atoms with Crippen LogP contribution in [0.15, 0.2) is 28.8 Å². The summed E-state index contributed by atoms with van der Waals surface area (Å²) in [6.07, 6.45) is 2.75. The van der Waals surface area contributed by atoms with Gasteiger partial charge in [0.15, 0.2) is 0 Å². The Kier molecular flexibility index (Phi) is 3.44. The van der Waals surface area contributed by atoms with Gasteiger partial charge < -0.3 is 14.5 Å². The summed E-state index contributed by atoms with van der Waals surface area (Å²) in [5.41, 5.74) is 1.17. The molecule has 3 rings (SSSR count). The molecule has 4 nitrogen and oxygen atoms in total. The minimum Gasteiger partial charge on any atom is -0.488 e. The van der Waals surface area contributed by atoms with Crippen LogP contribution in [-0.2, 0) is 13.0 Å². The van der Waals surface area contributed by atoms with Crippen molar-refractivity contribution >= 4 is 11.6 Å². The summed E-state index contributed by atoms with van der Waals surface area (Å²) >= 11 is 5.97. The Hall–Kier alpha value is -1.52. The van der Waals surface area contributed by atoms with E-state index >= 15 is 0 Å². The monoisotopic (exact) mass is 278 g/mol. The van der Waals surface area contributed by atoms with Crippen molar-refractivity contribution in [1.82, 2.24) is 10.3 Å². The van der Waals surface area contributed by atoms with Gasteiger partial charge in [-0.3, -0.25) is 0 Å². The largest absolute Gasteiger partial charge is 0.488 e. The zero-order chi connectivity index (χ0) is 13.2.